The van der Waals surface area contributed by atoms with Gasteiger partial charge >= 0.3 is 0 Å². The lowest BCUT2D eigenvalue weighted by Crippen LogP contribution is -2.42. The number of nitrogens with zero attached hydrogens (tertiary/aromatic N) is 1. The van der Waals surface area contributed by atoms with Crippen LogP contribution in [0.25, 0.3) is 10.9 Å². The molecule has 3 aromatic rings. The van der Waals surface area contributed by atoms with Crippen molar-refractivity contribution in [1.29, 1.82) is 0 Å². The average Bonchev–Trinajstić information content (AvgIpc) is 3.08. The molecule has 1 aliphatic heterocycles. The summed E-state index contributed by atoms with van der Waals surface area (Å²) in [5.41, 5.74) is 7.04. The summed E-state index contributed by atoms with van der Waals surface area (Å²) < 4.78 is 0. The Morgan fingerprint density at radius 2 is 1.89 bits per heavy atom. The molecule has 0 radical (unpaired) electrons. The molecule has 1 aromatic heterocycles. The monoisotopic (exact) mass is 375 g/mol. The summed E-state index contributed by atoms with van der Waals surface area (Å²) in [5, 5.41) is 5.20. The number of hydrogen-bond acceptors (Lipinski definition) is 2. The van der Waals surface area contributed by atoms with E-state index < -0.39 is 0 Å². The highest BCUT2D eigenvalue weighted by molar-refractivity contribution is 5.85. The lowest BCUT2D eigenvalue weighted by Gasteiger charge is -2.41. The number of fused-ring (bicyclic) bond motifs is 3. The van der Waals surface area contributed by atoms with Gasteiger partial charge in [-0.05, 0) is 76.5 Å². The quantitative estimate of drug-likeness (QED) is 0.612. The van der Waals surface area contributed by atoms with Crippen LogP contribution in [0.3, 0.4) is 0 Å². The van der Waals surface area contributed by atoms with Gasteiger partial charge in [-0.25, -0.2) is 0 Å². The Labute approximate surface area is 169 Å². The first-order chi connectivity index (χ1) is 13.5. The summed E-state index contributed by atoms with van der Waals surface area (Å²) in [4.78, 5) is 6.16. The largest absolute Gasteiger partial charge is 0.357 e. The highest BCUT2D eigenvalue weighted by Gasteiger charge is 2.34. The van der Waals surface area contributed by atoms with Gasteiger partial charge in [-0.2, -0.15) is 0 Å². The molecule has 1 aliphatic rings. The van der Waals surface area contributed by atoms with E-state index >= 15 is 0 Å². The topological polar surface area (TPSA) is 31.1 Å². The highest BCUT2D eigenvalue weighted by atomic mass is 15.1. The highest BCUT2D eigenvalue weighted by Crippen LogP contribution is 2.39. The van der Waals surface area contributed by atoms with E-state index in [1.54, 1.807) is 0 Å². The molecule has 2 aromatic carbocycles. The summed E-state index contributed by atoms with van der Waals surface area (Å²) in [6, 6.07) is 18.2. The van der Waals surface area contributed by atoms with Crippen molar-refractivity contribution in [3.63, 3.8) is 0 Å². The summed E-state index contributed by atoms with van der Waals surface area (Å²) >= 11 is 0. The van der Waals surface area contributed by atoms with E-state index in [2.05, 4.69) is 91.7 Å². The Kier molecular flexibility index (Phi) is 5.31. The van der Waals surface area contributed by atoms with Crippen LogP contribution >= 0.6 is 0 Å². The van der Waals surface area contributed by atoms with Crippen LogP contribution in [-0.4, -0.2) is 30.5 Å². The number of H-pyrrole nitrogens is 1. The van der Waals surface area contributed by atoms with Crippen LogP contribution in [0.5, 0.6) is 0 Å². The number of aryl methyl sites for hydroxylation is 1. The minimum atomic E-state index is 0.0726. The lowest BCUT2D eigenvalue weighted by molar-refractivity contribution is 0.123. The molecule has 0 saturated carbocycles. The Morgan fingerprint density at radius 3 is 2.61 bits per heavy atom. The Bertz CT molecular complexity index is 941. The minimum Gasteiger partial charge on any atom is -0.357 e. The van der Waals surface area contributed by atoms with Crippen LogP contribution < -0.4 is 5.32 Å². The number of rotatable bonds is 6. The maximum Gasteiger partial charge on any atom is 0.0476 e. The van der Waals surface area contributed by atoms with Crippen LogP contribution in [0.2, 0.25) is 0 Å². The summed E-state index contributed by atoms with van der Waals surface area (Å²) in [6.45, 7) is 5.56. The van der Waals surface area contributed by atoms with E-state index in [9.17, 15) is 0 Å². The predicted molar refractivity (Wildman–Crippen MR) is 119 cm³/mol. The van der Waals surface area contributed by atoms with E-state index in [1.807, 2.05) is 0 Å². The molecule has 3 nitrogen and oxygen atoms in total. The zero-order valence-corrected chi connectivity index (χ0v) is 17.7. The number of aromatic nitrogens is 1. The molecule has 2 atom stereocenters. The molecule has 0 spiro atoms. The second kappa shape index (κ2) is 7.73. The van der Waals surface area contributed by atoms with Crippen LogP contribution in [0.1, 0.15) is 54.6 Å². The Hall–Kier alpha value is -2.10. The van der Waals surface area contributed by atoms with Crippen molar-refractivity contribution < 1.29 is 0 Å². The molecule has 2 N–H and O–H groups in total. The molecule has 3 heteroatoms. The zero-order chi connectivity index (χ0) is 19.7. The normalized spacial score (nSPS) is 19.0. The van der Waals surface area contributed by atoms with Gasteiger partial charge in [-0.1, -0.05) is 48.9 Å². The summed E-state index contributed by atoms with van der Waals surface area (Å²) in [5.74, 6) is 0. The first kappa shape index (κ1) is 19.2. The molecule has 0 fully saturated rings. The fourth-order valence-electron chi connectivity index (χ4n) is 5.12. The molecule has 148 valence electrons. The smallest absolute Gasteiger partial charge is 0.0476 e. The van der Waals surface area contributed by atoms with E-state index in [0.29, 0.717) is 6.04 Å². The standard InChI is InChI=1S/C25H33N3/c1-5-25(28(3)4,19-9-7-6-8-10-19)15-13-23-24-20(14-16-26-23)21-17-18(2)11-12-22(21)27-24/h6-12,17,23,26-27H,5,13-16H2,1-4H3. The van der Waals surface area contributed by atoms with Gasteiger partial charge in [0.05, 0.1) is 0 Å². The van der Waals surface area contributed by atoms with Gasteiger partial charge in [0, 0.05) is 28.2 Å². The van der Waals surface area contributed by atoms with Gasteiger partial charge in [-0.15, -0.1) is 0 Å². The third kappa shape index (κ3) is 3.27. The maximum atomic E-state index is 3.79. The second-order valence-corrected chi connectivity index (χ2v) is 8.51. The van der Waals surface area contributed by atoms with Crippen molar-refractivity contribution >= 4 is 10.9 Å². The summed E-state index contributed by atoms with van der Waals surface area (Å²) in [7, 11) is 4.45. The Morgan fingerprint density at radius 1 is 1.11 bits per heavy atom. The fourth-order valence-corrected chi connectivity index (χ4v) is 5.12. The molecular weight excluding hydrogens is 342 g/mol. The van der Waals surface area contributed by atoms with Crippen LogP contribution in [0.15, 0.2) is 48.5 Å². The van der Waals surface area contributed by atoms with E-state index in [1.165, 1.54) is 33.3 Å². The van der Waals surface area contributed by atoms with E-state index in [-0.39, 0.29) is 5.54 Å². The Balaban J connectivity index is 1.64. The van der Waals surface area contributed by atoms with Crippen LogP contribution in [0, 0.1) is 6.92 Å². The number of aromatic amines is 1. The van der Waals surface area contributed by atoms with Crippen molar-refractivity contribution in [2.75, 3.05) is 20.6 Å². The second-order valence-electron chi connectivity index (χ2n) is 8.51. The first-order valence-electron chi connectivity index (χ1n) is 10.6. The molecule has 0 saturated heterocycles. The zero-order valence-electron chi connectivity index (χ0n) is 17.7. The van der Waals surface area contributed by atoms with Crippen LogP contribution in [0.4, 0.5) is 0 Å². The third-order valence-corrected chi connectivity index (χ3v) is 6.81. The molecule has 2 unspecified atom stereocenters. The van der Waals surface area contributed by atoms with Crippen molar-refractivity contribution in [2.24, 2.45) is 0 Å². The average molecular weight is 376 g/mol. The first-order valence-corrected chi connectivity index (χ1v) is 10.6. The van der Waals surface area contributed by atoms with E-state index in [4.69, 9.17) is 0 Å². The van der Waals surface area contributed by atoms with Gasteiger partial charge in [0.15, 0.2) is 0 Å². The predicted octanol–water partition coefficient (Wildman–Crippen LogP) is 5.31. The van der Waals surface area contributed by atoms with Gasteiger partial charge in [-0.3, -0.25) is 4.90 Å². The maximum absolute atomic E-state index is 3.79. The SMILES string of the molecule is CCC(CCC1NCCc2c1[nH]c1ccc(C)cc21)(c1ccccc1)N(C)C. The van der Waals surface area contributed by atoms with Crippen molar-refractivity contribution in [3.8, 4) is 0 Å². The van der Waals surface area contributed by atoms with Gasteiger partial charge in [0.1, 0.15) is 0 Å². The molecule has 4 rings (SSSR count). The van der Waals surface area contributed by atoms with E-state index in [0.717, 1.165) is 32.2 Å². The van der Waals surface area contributed by atoms with Gasteiger partial charge < -0.3 is 10.3 Å². The lowest BCUT2D eigenvalue weighted by atomic mass is 9.80. The molecular formula is C25H33N3. The van der Waals surface area contributed by atoms with Crippen molar-refractivity contribution in [1.82, 2.24) is 15.2 Å². The van der Waals surface area contributed by atoms with Gasteiger partial charge in [0.25, 0.3) is 0 Å². The van der Waals surface area contributed by atoms with Gasteiger partial charge in [0.2, 0.25) is 0 Å². The van der Waals surface area contributed by atoms with Crippen molar-refractivity contribution in [3.05, 3.63) is 70.9 Å². The number of hydrogen-bond donors (Lipinski definition) is 2. The molecule has 0 bridgehead atoms. The van der Waals surface area contributed by atoms with Crippen molar-refractivity contribution in [2.45, 2.75) is 51.1 Å². The summed E-state index contributed by atoms with van der Waals surface area (Å²) in [6.07, 6.45) is 4.47. The molecule has 0 aliphatic carbocycles. The molecule has 2 heterocycles. The third-order valence-electron chi connectivity index (χ3n) is 6.81. The van der Waals surface area contributed by atoms with Crippen LogP contribution in [-0.2, 0) is 12.0 Å². The number of benzene rings is 2. The molecule has 0 amide bonds. The minimum absolute atomic E-state index is 0.0726. The fraction of sp³-hybridized carbons (Fsp3) is 0.440. The molecule has 28 heavy (non-hydrogen) atoms. The number of nitrogens with one attached hydrogen (secondary N) is 2.